The predicted molar refractivity (Wildman–Crippen MR) is 52.1 cm³/mol. The summed E-state index contributed by atoms with van der Waals surface area (Å²) in [7, 11) is 1.32. The van der Waals surface area contributed by atoms with Crippen molar-refractivity contribution >= 4 is 0 Å². The third kappa shape index (κ3) is 1.24. The molecule has 1 aromatic rings. The number of aromatic nitrogens is 2. The lowest BCUT2D eigenvalue weighted by molar-refractivity contribution is -0.0614. The first-order valence-corrected chi connectivity index (χ1v) is 5.67. The maximum Gasteiger partial charge on any atom is 0.293 e. The molecule has 0 radical (unpaired) electrons. The van der Waals surface area contributed by atoms with Crippen molar-refractivity contribution in [2.75, 3.05) is 0 Å². The fourth-order valence-corrected chi connectivity index (χ4v) is 3.40. The molecule has 1 aromatic heterocycles. The van der Waals surface area contributed by atoms with Crippen LogP contribution >= 0.6 is 0 Å². The maximum absolute atomic E-state index is 14.1. The SMILES string of the molecule is Cn1nc(C(F)F)c2c1C(F)(F)[C@@H]1CCC[C@H]21. The minimum Gasteiger partial charge on any atom is -0.266 e. The Bertz CT molecular complexity index is 466. The Morgan fingerprint density at radius 2 is 2.06 bits per heavy atom. The Balaban J connectivity index is 2.23. The Kier molecular flexibility index (Phi) is 2.10. The lowest BCUT2D eigenvalue weighted by atomic mass is 9.94. The molecule has 94 valence electrons. The van der Waals surface area contributed by atoms with Crippen molar-refractivity contribution in [3.63, 3.8) is 0 Å². The van der Waals surface area contributed by atoms with Gasteiger partial charge in [-0.05, 0) is 18.8 Å². The summed E-state index contributed by atoms with van der Waals surface area (Å²) in [5.74, 6) is -4.25. The highest BCUT2D eigenvalue weighted by atomic mass is 19.3. The summed E-state index contributed by atoms with van der Waals surface area (Å²) in [6, 6.07) is 0. The third-order valence-corrected chi connectivity index (χ3v) is 3.99. The van der Waals surface area contributed by atoms with Crippen LogP contribution in [-0.4, -0.2) is 9.78 Å². The molecule has 2 nitrogen and oxygen atoms in total. The smallest absolute Gasteiger partial charge is 0.266 e. The molecular formula is C11H12F4N2. The zero-order chi connectivity index (χ0) is 12.4. The average molecular weight is 248 g/mol. The molecule has 6 heteroatoms. The van der Waals surface area contributed by atoms with E-state index in [0.717, 1.165) is 4.68 Å². The van der Waals surface area contributed by atoms with E-state index in [-0.39, 0.29) is 11.3 Å². The number of alkyl halides is 4. The van der Waals surface area contributed by atoms with E-state index in [1.54, 1.807) is 0 Å². The predicted octanol–water partition coefficient (Wildman–Crippen LogP) is 3.35. The van der Waals surface area contributed by atoms with Crippen molar-refractivity contribution in [2.45, 2.75) is 37.5 Å². The molecule has 0 bridgehead atoms. The third-order valence-electron chi connectivity index (χ3n) is 3.99. The van der Waals surface area contributed by atoms with Crippen LogP contribution in [0.1, 0.15) is 48.6 Å². The highest BCUT2D eigenvalue weighted by molar-refractivity contribution is 5.41. The molecule has 3 rings (SSSR count). The van der Waals surface area contributed by atoms with Crippen LogP contribution < -0.4 is 0 Å². The van der Waals surface area contributed by atoms with Gasteiger partial charge in [-0.15, -0.1) is 0 Å². The van der Waals surface area contributed by atoms with Crippen molar-refractivity contribution < 1.29 is 17.6 Å². The van der Waals surface area contributed by atoms with E-state index in [2.05, 4.69) is 5.10 Å². The van der Waals surface area contributed by atoms with Crippen LogP contribution in [0.15, 0.2) is 0 Å². The summed E-state index contributed by atoms with van der Waals surface area (Å²) in [6.07, 6.45) is -1.12. The van der Waals surface area contributed by atoms with Crippen LogP contribution in [0.2, 0.25) is 0 Å². The molecule has 2 aliphatic rings. The molecule has 0 unspecified atom stereocenters. The second kappa shape index (κ2) is 3.23. The highest BCUT2D eigenvalue weighted by Crippen LogP contribution is 2.60. The van der Waals surface area contributed by atoms with Gasteiger partial charge in [-0.1, -0.05) is 6.42 Å². The zero-order valence-electron chi connectivity index (χ0n) is 9.26. The van der Waals surface area contributed by atoms with Crippen molar-refractivity contribution in [1.29, 1.82) is 0 Å². The number of hydrogen-bond donors (Lipinski definition) is 0. The van der Waals surface area contributed by atoms with E-state index in [1.807, 2.05) is 0 Å². The van der Waals surface area contributed by atoms with Gasteiger partial charge in [0, 0.05) is 18.5 Å². The van der Waals surface area contributed by atoms with E-state index >= 15 is 0 Å². The molecule has 1 heterocycles. The molecule has 0 aliphatic heterocycles. The van der Waals surface area contributed by atoms with Crippen LogP contribution in [0.4, 0.5) is 17.6 Å². The largest absolute Gasteiger partial charge is 0.293 e. The quantitative estimate of drug-likeness (QED) is 0.697. The van der Waals surface area contributed by atoms with Gasteiger partial charge in [0.2, 0.25) is 0 Å². The van der Waals surface area contributed by atoms with Gasteiger partial charge in [-0.2, -0.15) is 13.9 Å². The lowest BCUT2D eigenvalue weighted by Gasteiger charge is -2.19. The van der Waals surface area contributed by atoms with Crippen LogP contribution in [0.5, 0.6) is 0 Å². The Labute approximate surface area is 95.6 Å². The molecule has 0 N–H and O–H groups in total. The Morgan fingerprint density at radius 1 is 1.35 bits per heavy atom. The van der Waals surface area contributed by atoms with Gasteiger partial charge in [-0.25, -0.2) is 8.78 Å². The van der Waals surface area contributed by atoms with Gasteiger partial charge >= 0.3 is 0 Å². The minimum absolute atomic E-state index is 0.120. The molecule has 0 amide bonds. The van der Waals surface area contributed by atoms with Crippen LogP contribution in [0, 0.1) is 5.92 Å². The molecule has 0 saturated heterocycles. The van der Waals surface area contributed by atoms with E-state index in [4.69, 9.17) is 0 Å². The number of fused-ring (bicyclic) bond motifs is 3. The van der Waals surface area contributed by atoms with Gasteiger partial charge in [0.25, 0.3) is 12.3 Å². The number of aryl methyl sites for hydroxylation is 1. The second-order valence-electron chi connectivity index (χ2n) is 4.84. The number of hydrogen-bond acceptors (Lipinski definition) is 1. The summed E-state index contributed by atoms with van der Waals surface area (Å²) < 4.78 is 54.8. The first-order valence-electron chi connectivity index (χ1n) is 5.67. The first kappa shape index (κ1) is 11.0. The minimum atomic E-state index is -3.01. The van der Waals surface area contributed by atoms with E-state index in [9.17, 15) is 17.6 Å². The number of nitrogens with zero attached hydrogens (tertiary/aromatic N) is 2. The molecule has 2 aliphatic carbocycles. The monoisotopic (exact) mass is 248 g/mol. The second-order valence-corrected chi connectivity index (χ2v) is 4.84. The normalized spacial score (nSPS) is 29.8. The fourth-order valence-electron chi connectivity index (χ4n) is 3.40. The molecule has 1 fully saturated rings. The molecule has 0 spiro atoms. The van der Waals surface area contributed by atoms with Crippen LogP contribution in [-0.2, 0) is 13.0 Å². The summed E-state index contributed by atoms with van der Waals surface area (Å²) in [5, 5.41) is 3.57. The molecule has 1 saturated carbocycles. The zero-order valence-corrected chi connectivity index (χ0v) is 9.26. The Morgan fingerprint density at radius 3 is 2.71 bits per heavy atom. The van der Waals surface area contributed by atoms with Gasteiger partial charge < -0.3 is 0 Å². The van der Waals surface area contributed by atoms with Crippen molar-refractivity contribution in [3.8, 4) is 0 Å². The Hall–Kier alpha value is -1.07. The number of rotatable bonds is 1. The topological polar surface area (TPSA) is 17.8 Å². The molecular weight excluding hydrogens is 236 g/mol. The van der Waals surface area contributed by atoms with E-state index in [1.165, 1.54) is 7.05 Å². The fraction of sp³-hybridized carbons (Fsp3) is 0.727. The maximum atomic E-state index is 14.1. The van der Waals surface area contributed by atoms with E-state index < -0.39 is 29.9 Å². The van der Waals surface area contributed by atoms with Crippen molar-refractivity contribution in [1.82, 2.24) is 9.78 Å². The van der Waals surface area contributed by atoms with Crippen molar-refractivity contribution in [3.05, 3.63) is 17.0 Å². The summed E-state index contributed by atoms with van der Waals surface area (Å²) in [6.45, 7) is 0. The molecule has 2 atom stereocenters. The molecule has 17 heavy (non-hydrogen) atoms. The summed E-state index contributed by atoms with van der Waals surface area (Å²) >= 11 is 0. The van der Waals surface area contributed by atoms with Gasteiger partial charge in [0.15, 0.2) is 0 Å². The van der Waals surface area contributed by atoms with Gasteiger partial charge in [0.1, 0.15) is 11.4 Å². The van der Waals surface area contributed by atoms with Gasteiger partial charge in [-0.3, -0.25) is 4.68 Å². The summed E-state index contributed by atoms with van der Waals surface area (Å²) in [4.78, 5) is 0. The van der Waals surface area contributed by atoms with Crippen LogP contribution in [0.25, 0.3) is 0 Å². The summed E-state index contributed by atoms with van der Waals surface area (Å²) in [5.41, 5.74) is -0.617. The average Bonchev–Trinajstić information content (AvgIpc) is 2.83. The van der Waals surface area contributed by atoms with Gasteiger partial charge in [0.05, 0.1) is 0 Å². The standard InChI is InChI=1S/C11H12F4N2/c1-17-9-7(8(16-17)10(12)13)5-3-2-4-6(5)11(9,14)15/h5-6,10H,2-4H2,1H3/t5-,6+/m0/s1. The van der Waals surface area contributed by atoms with Crippen molar-refractivity contribution in [2.24, 2.45) is 13.0 Å². The first-order chi connectivity index (χ1) is 7.94. The molecule has 0 aromatic carbocycles. The van der Waals surface area contributed by atoms with Crippen LogP contribution in [0.3, 0.4) is 0 Å². The lowest BCUT2D eigenvalue weighted by Crippen LogP contribution is -2.23. The van der Waals surface area contributed by atoms with E-state index in [0.29, 0.717) is 19.3 Å². The number of halogens is 4. The highest BCUT2D eigenvalue weighted by Gasteiger charge is 2.59.